The molecule has 1 aliphatic heterocycles. The highest BCUT2D eigenvalue weighted by Gasteiger charge is 2.31. The number of rotatable bonds is 5. The zero-order valence-electron chi connectivity index (χ0n) is 12.0. The molecular weight excluding hydrogens is 319 g/mol. The Hall–Kier alpha value is -1.47. The summed E-state index contributed by atoms with van der Waals surface area (Å²) >= 11 is 0. The highest BCUT2D eigenvalue weighted by Crippen LogP contribution is 2.31. The number of halogens is 4. The van der Waals surface area contributed by atoms with Gasteiger partial charge in [-0.3, -0.25) is 9.69 Å². The number of anilines is 1. The van der Waals surface area contributed by atoms with Gasteiger partial charge in [-0.2, -0.15) is 13.2 Å². The molecule has 0 atom stereocenters. The molecule has 2 rings (SSSR count). The maximum atomic E-state index is 12.7. The molecule has 1 heterocycles. The molecular formula is C14H19ClF3N3O. The number of benzene rings is 1. The van der Waals surface area contributed by atoms with E-state index in [0.717, 1.165) is 25.7 Å². The number of amides is 1. The molecule has 0 unspecified atom stereocenters. The van der Waals surface area contributed by atoms with Crippen LogP contribution < -0.4 is 10.2 Å². The number of carbonyl (C=O) groups excluding carboxylic acids is 1. The molecule has 1 N–H and O–H groups in total. The molecule has 0 spiro atoms. The Morgan fingerprint density at radius 3 is 2.45 bits per heavy atom. The van der Waals surface area contributed by atoms with Gasteiger partial charge in [0.1, 0.15) is 0 Å². The first kappa shape index (κ1) is 18.6. The Bertz CT molecular complexity index is 477. The van der Waals surface area contributed by atoms with E-state index < -0.39 is 11.7 Å². The first-order valence-corrected chi connectivity index (χ1v) is 6.82. The Kier molecular flexibility index (Phi) is 6.96. The first-order chi connectivity index (χ1) is 10.0. The molecule has 0 aromatic heterocycles. The van der Waals surface area contributed by atoms with Crippen molar-refractivity contribution in [2.45, 2.75) is 6.18 Å². The van der Waals surface area contributed by atoms with Crippen LogP contribution in [-0.2, 0) is 11.0 Å². The Labute approximate surface area is 133 Å². The minimum Gasteiger partial charge on any atom is -0.369 e. The molecule has 1 amide bonds. The van der Waals surface area contributed by atoms with Gasteiger partial charge in [0.15, 0.2) is 0 Å². The van der Waals surface area contributed by atoms with Crippen LogP contribution in [0.15, 0.2) is 24.3 Å². The van der Waals surface area contributed by atoms with Crippen LogP contribution in [0.5, 0.6) is 0 Å². The number of alkyl halides is 3. The fraction of sp³-hybridized carbons (Fsp3) is 0.500. The topological polar surface area (TPSA) is 35.6 Å². The Morgan fingerprint density at radius 1 is 1.18 bits per heavy atom. The standard InChI is InChI=1S/C14H18F3N3O.ClH/c15-14(16,17)12-2-1-3-13(10-12)20-8-6-19(7-9-20)5-4-18-11-21;/h1-3,10-11H,4-9H2,(H,18,21);1H. The molecule has 0 aliphatic carbocycles. The van der Waals surface area contributed by atoms with Gasteiger partial charge in [0, 0.05) is 45.0 Å². The number of piperazine rings is 1. The van der Waals surface area contributed by atoms with E-state index in [1.165, 1.54) is 12.1 Å². The van der Waals surface area contributed by atoms with E-state index in [2.05, 4.69) is 10.2 Å². The van der Waals surface area contributed by atoms with Crippen LogP contribution in [-0.4, -0.2) is 50.6 Å². The van der Waals surface area contributed by atoms with Crippen LogP contribution in [0.4, 0.5) is 18.9 Å². The summed E-state index contributed by atoms with van der Waals surface area (Å²) < 4.78 is 38.1. The van der Waals surface area contributed by atoms with Gasteiger partial charge in [-0.05, 0) is 18.2 Å². The number of carbonyl (C=O) groups is 1. The van der Waals surface area contributed by atoms with Crippen molar-refractivity contribution in [2.24, 2.45) is 0 Å². The highest BCUT2D eigenvalue weighted by atomic mass is 35.5. The van der Waals surface area contributed by atoms with Crippen molar-refractivity contribution in [3.05, 3.63) is 29.8 Å². The van der Waals surface area contributed by atoms with Gasteiger partial charge in [0.05, 0.1) is 5.56 Å². The van der Waals surface area contributed by atoms with Crippen molar-refractivity contribution in [1.82, 2.24) is 10.2 Å². The lowest BCUT2D eigenvalue weighted by atomic mass is 10.1. The van der Waals surface area contributed by atoms with Gasteiger partial charge < -0.3 is 10.2 Å². The summed E-state index contributed by atoms with van der Waals surface area (Å²) in [6, 6.07) is 5.44. The zero-order valence-corrected chi connectivity index (χ0v) is 12.8. The normalized spacial score (nSPS) is 16.0. The minimum absolute atomic E-state index is 0. The van der Waals surface area contributed by atoms with E-state index in [-0.39, 0.29) is 12.4 Å². The Morgan fingerprint density at radius 2 is 1.86 bits per heavy atom. The van der Waals surface area contributed by atoms with E-state index in [9.17, 15) is 18.0 Å². The summed E-state index contributed by atoms with van der Waals surface area (Å²) in [5.74, 6) is 0. The molecule has 22 heavy (non-hydrogen) atoms. The quantitative estimate of drug-likeness (QED) is 0.659. The van der Waals surface area contributed by atoms with Crippen LogP contribution in [0, 0.1) is 0 Å². The number of nitrogens with one attached hydrogen (secondary N) is 1. The van der Waals surface area contributed by atoms with Gasteiger partial charge >= 0.3 is 6.18 Å². The first-order valence-electron chi connectivity index (χ1n) is 6.82. The van der Waals surface area contributed by atoms with Crippen LogP contribution in [0.25, 0.3) is 0 Å². The minimum atomic E-state index is -4.31. The van der Waals surface area contributed by atoms with Gasteiger partial charge in [0.25, 0.3) is 0 Å². The number of hydrogen-bond acceptors (Lipinski definition) is 3. The molecule has 0 saturated carbocycles. The summed E-state index contributed by atoms with van der Waals surface area (Å²) in [5, 5.41) is 2.60. The van der Waals surface area contributed by atoms with E-state index in [1.807, 2.05) is 4.90 Å². The molecule has 1 fully saturated rings. The van der Waals surface area contributed by atoms with E-state index >= 15 is 0 Å². The summed E-state index contributed by atoms with van der Waals surface area (Å²) in [6.07, 6.45) is -3.64. The molecule has 1 aromatic rings. The van der Waals surface area contributed by atoms with Crippen LogP contribution in [0.3, 0.4) is 0 Å². The lowest BCUT2D eigenvalue weighted by Crippen LogP contribution is -2.48. The van der Waals surface area contributed by atoms with Crippen molar-refractivity contribution in [1.29, 1.82) is 0 Å². The average Bonchev–Trinajstić information content (AvgIpc) is 2.47. The summed E-state index contributed by atoms with van der Waals surface area (Å²) in [6.45, 7) is 4.26. The molecule has 8 heteroatoms. The largest absolute Gasteiger partial charge is 0.416 e. The lowest BCUT2D eigenvalue weighted by molar-refractivity contribution is -0.137. The molecule has 124 valence electrons. The fourth-order valence-corrected chi connectivity index (χ4v) is 2.39. The van der Waals surface area contributed by atoms with Crippen LogP contribution in [0.2, 0.25) is 0 Å². The maximum absolute atomic E-state index is 12.7. The maximum Gasteiger partial charge on any atom is 0.416 e. The number of hydrogen-bond donors (Lipinski definition) is 1. The summed E-state index contributed by atoms with van der Waals surface area (Å²) in [7, 11) is 0. The second-order valence-electron chi connectivity index (χ2n) is 4.95. The third kappa shape index (κ3) is 5.06. The fourth-order valence-electron chi connectivity index (χ4n) is 2.39. The van der Waals surface area contributed by atoms with Crippen molar-refractivity contribution in [3.8, 4) is 0 Å². The Balaban J connectivity index is 0.00000242. The van der Waals surface area contributed by atoms with E-state index in [1.54, 1.807) is 6.07 Å². The smallest absolute Gasteiger partial charge is 0.369 e. The molecule has 0 radical (unpaired) electrons. The predicted molar refractivity (Wildman–Crippen MR) is 81.4 cm³/mol. The summed E-state index contributed by atoms with van der Waals surface area (Å²) in [4.78, 5) is 14.3. The molecule has 0 bridgehead atoms. The van der Waals surface area contributed by atoms with Crippen LogP contribution >= 0.6 is 12.4 Å². The van der Waals surface area contributed by atoms with E-state index in [4.69, 9.17) is 0 Å². The summed E-state index contributed by atoms with van der Waals surface area (Å²) in [5.41, 5.74) is -0.00639. The van der Waals surface area contributed by atoms with Gasteiger partial charge in [0.2, 0.25) is 6.41 Å². The lowest BCUT2D eigenvalue weighted by Gasteiger charge is -2.36. The van der Waals surface area contributed by atoms with Crippen molar-refractivity contribution in [2.75, 3.05) is 44.2 Å². The average molecular weight is 338 g/mol. The number of nitrogens with zero attached hydrogens (tertiary/aromatic N) is 2. The second kappa shape index (κ2) is 8.24. The monoisotopic (exact) mass is 337 g/mol. The van der Waals surface area contributed by atoms with Crippen molar-refractivity contribution >= 4 is 24.5 Å². The van der Waals surface area contributed by atoms with Gasteiger partial charge in [-0.1, -0.05) is 6.07 Å². The highest BCUT2D eigenvalue weighted by molar-refractivity contribution is 5.85. The molecule has 1 aromatic carbocycles. The molecule has 1 saturated heterocycles. The van der Waals surface area contributed by atoms with Gasteiger partial charge in [-0.15, -0.1) is 12.4 Å². The molecule has 1 aliphatic rings. The predicted octanol–water partition coefficient (Wildman–Crippen LogP) is 2.00. The molecule has 4 nitrogen and oxygen atoms in total. The zero-order chi connectivity index (χ0) is 15.3. The van der Waals surface area contributed by atoms with Crippen molar-refractivity contribution < 1.29 is 18.0 Å². The third-order valence-corrected chi connectivity index (χ3v) is 3.57. The third-order valence-electron chi connectivity index (χ3n) is 3.57. The van der Waals surface area contributed by atoms with E-state index in [0.29, 0.717) is 31.7 Å². The van der Waals surface area contributed by atoms with Crippen molar-refractivity contribution in [3.63, 3.8) is 0 Å². The van der Waals surface area contributed by atoms with Crippen LogP contribution in [0.1, 0.15) is 5.56 Å². The SMILES string of the molecule is Cl.O=CNCCN1CCN(c2cccc(C(F)(F)F)c2)CC1. The van der Waals surface area contributed by atoms with Gasteiger partial charge in [-0.25, -0.2) is 0 Å². The second-order valence-corrected chi connectivity index (χ2v) is 4.95.